The van der Waals surface area contributed by atoms with Crippen molar-refractivity contribution in [3.8, 4) is 0 Å². The summed E-state index contributed by atoms with van der Waals surface area (Å²) in [6.07, 6.45) is 6.58. The zero-order valence-electron chi connectivity index (χ0n) is 9.10. The Bertz CT molecular complexity index is 117. The van der Waals surface area contributed by atoms with E-state index in [0.29, 0.717) is 6.04 Å². The van der Waals surface area contributed by atoms with Gasteiger partial charge in [-0.3, -0.25) is 0 Å². The second-order valence-corrected chi connectivity index (χ2v) is 4.23. The van der Waals surface area contributed by atoms with E-state index >= 15 is 0 Å². The van der Waals surface area contributed by atoms with Crippen LogP contribution < -0.4 is 10.6 Å². The van der Waals surface area contributed by atoms with Gasteiger partial charge >= 0.3 is 0 Å². The Labute approximate surface area is 82.5 Å². The van der Waals surface area contributed by atoms with Crippen LogP contribution in [0.5, 0.6) is 0 Å². The van der Waals surface area contributed by atoms with Gasteiger partial charge in [-0.15, -0.1) is 0 Å². The topological polar surface area (TPSA) is 24.1 Å². The first-order valence-electron chi connectivity index (χ1n) is 5.79. The van der Waals surface area contributed by atoms with Gasteiger partial charge in [0.1, 0.15) is 0 Å². The lowest BCUT2D eigenvalue weighted by Gasteiger charge is -2.21. The van der Waals surface area contributed by atoms with E-state index < -0.39 is 0 Å². The summed E-state index contributed by atoms with van der Waals surface area (Å²) in [6, 6.07) is 1.46. The van der Waals surface area contributed by atoms with Crippen molar-refractivity contribution in [2.45, 2.75) is 58.0 Å². The van der Waals surface area contributed by atoms with Gasteiger partial charge < -0.3 is 10.6 Å². The average molecular weight is 184 g/mol. The Morgan fingerprint density at radius 1 is 1.38 bits per heavy atom. The van der Waals surface area contributed by atoms with Gasteiger partial charge in [-0.2, -0.15) is 0 Å². The molecular weight excluding hydrogens is 160 g/mol. The summed E-state index contributed by atoms with van der Waals surface area (Å²) >= 11 is 0. The SMILES string of the molecule is CCCC(C)NC1CCCNCC1. The molecule has 1 aliphatic heterocycles. The quantitative estimate of drug-likeness (QED) is 0.697. The molecular formula is C11H24N2. The summed E-state index contributed by atoms with van der Waals surface area (Å²) in [5, 5.41) is 7.16. The maximum atomic E-state index is 3.72. The van der Waals surface area contributed by atoms with Crippen LogP contribution in [0.15, 0.2) is 0 Å². The molecule has 0 aromatic rings. The Morgan fingerprint density at radius 3 is 3.00 bits per heavy atom. The highest BCUT2D eigenvalue weighted by Gasteiger charge is 2.13. The molecule has 1 fully saturated rings. The van der Waals surface area contributed by atoms with Crippen LogP contribution in [0.1, 0.15) is 46.0 Å². The Morgan fingerprint density at radius 2 is 2.23 bits per heavy atom. The molecule has 0 aromatic carbocycles. The van der Waals surface area contributed by atoms with Gasteiger partial charge in [-0.25, -0.2) is 0 Å². The molecule has 0 spiro atoms. The standard InChI is InChI=1S/C11H24N2/c1-3-5-10(2)13-11-6-4-8-12-9-7-11/h10-13H,3-9H2,1-2H3. The molecule has 78 valence electrons. The molecule has 0 aromatic heterocycles. The third kappa shape index (κ3) is 4.63. The molecule has 2 unspecified atom stereocenters. The molecule has 2 heteroatoms. The smallest absolute Gasteiger partial charge is 0.00820 e. The van der Waals surface area contributed by atoms with Gasteiger partial charge in [-0.1, -0.05) is 13.3 Å². The lowest BCUT2D eigenvalue weighted by molar-refractivity contribution is 0.398. The molecule has 0 bridgehead atoms. The third-order valence-electron chi connectivity index (χ3n) is 2.82. The normalized spacial score (nSPS) is 26.8. The van der Waals surface area contributed by atoms with Crippen molar-refractivity contribution in [2.75, 3.05) is 13.1 Å². The predicted octanol–water partition coefficient (Wildman–Crippen LogP) is 1.91. The molecule has 2 atom stereocenters. The van der Waals surface area contributed by atoms with Crippen LogP contribution in [0.2, 0.25) is 0 Å². The molecule has 13 heavy (non-hydrogen) atoms. The minimum atomic E-state index is 0.702. The highest BCUT2D eigenvalue weighted by molar-refractivity contribution is 4.75. The summed E-state index contributed by atoms with van der Waals surface area (Å²) in [5.41, 5.74) is 0. The van der Waals surface area contributed by atoms with Crippen molar-refractivity contribution >= 4 is 0 Å². The Hall–Kier alpha value is -0.0800. The van der Waals surface area contributed by atoms with Crippen LogP contribution in [-0.4, -0.2) is 25.2 Å². The van der Waals surface area contributed by atoms with E-state index in [1.165, 1.54) is 45.2 Å². The second kappa shape index (κ2) is 6.39. The van der Waals surface area contributed by atoms with Gasteiger partial charge in [0.05, 0.1) is 0 Å². The van der Waals surface area contributed by atoms with Crippen LogP contribution in [-0.2, 0) is 0 Å². The maximum Gasteiger partial charge on any atom is 0.00820 e. The molecule has 2 N–H and O–H groups in total. The molecule has 1 heterocycles. The molecule has 2 nitrogen and oxygen atoms in total. The summed E-state index contributed by atoms with van der Waals surface area (Å²) < 4.78 is 0. The van der Waals surface area contributed by atoms with Gasteiger partial charge in [0.2, 0.25) is 0 Å². The average Bonchev–Trinajstić information content (AvgIpc) is 2.33. The minimum absolute atomic E-state index is 0.702. The van der Waals surface area contributed by atoms with E-state index in [1.807, 2.05) is 0 Å². The Balaban J connectivity index is 2.17. The molecule has 1 saturated heterocycles. The van der Waals surface area contributed by atoms with Crippen LogP contribution in [0.3, 0.4) is 0 Å². The summed E-state index contributed by atoms with van der Waals surface area (Å²) in [5.74, 6) is 0. The highest BCUT2D eigenvalue weighted by atomic mass is 15.0. The van der Waals surface area contributed by atoms with E-state index in [4.69, 9.17) is 0 Å². The van der Waals surface area contributed by atoms with E-state index in [0.717, 1.165) is 6.04 Å². The van der Waals surface area contributed by atoms with Gasteiger partial charge in [0, 0.05) is 12.1 Å². The maximum absolute atomic E-state index is 3.72. The largest absolute Gasteiger partial charge is 0.317 e. The molecule has 0 aliphatic carbocycles. The third-order valence-corrected chi connectivity index (χ3v) is 2.82. The van der Waals surface area contributed by atoms with E-state index in [9.17, 15) is 0 Å². The van der Waals surface area contributed by atoms with Gasteiger partial charge in [-0.05, 0) is 45.7 Å². The van der Waals surface area contributed by atoms with Crippen molar-refractivity contribution in [1.82, 2.24) is 10.6 Å². The predicted molar refractivity (Wildman–Crippen MR) is 58.0 cm³/mol. The second-order valence-electron chi connectivity index (χ2n) is 4.23. The van der Waals surface area contributed by atoms with Crippen LogP contribution in [0.25, 0.3) is 0 Å². The van der Waals surface area contributed by atoms with E-state index in [2.05, 4.69) is 24.5 Å². The van der Waals surface area contributed by atoms with Gasteiger partial charge in [0.15, 0.2) is 0 Å². The number of hydrogen-bond acceptors (Lipinski definition) is 2. The summed E-state index contributed by atoms with van der Waals surface area (Å²) in [6.45, 7) is 6.96. The number of nitrogens with one attached hydrogen (secondary N) is 2. The fraction of sp³-hybridized carbons (Fsp3) is 1.00. The van der Waals surface area contributed by atoms with Crippen LogP contribution in [0, 0.1) is 0 Å². The lowest BCUT2D eigenvalue weighted by atomic mass is 10.1. The van der Waals surface area contributed by atoms with Crippen molar-refractivity contribution in [1.29, 1.82) is 0 Å². The molecule has 0 radical (unpaired) electrons. The van der Waals surface area contributed by atoms with Gasteiger partial charge in [0.25, 0.3) is 0 Å². The lowest BCUT2D eigenvalue weighted by Crippen LogP contribution is -2.36. The monoisotopic (exact) mass is 184 g/mol. The fourth-order valence-corrected chi connectivity index (χ4v) is 2.10. The molecule has 0 amide bonds. The molecule has 0 saturated carbocycles. The Kier molecular flexibility index (Phi) is 5.40. The van der Waals surface area contributed by atoms with Crippen molar-refractivity contribution < 1.29 is 0 Å². The zero-order valence-corrected chi connectivity index (χ0v) is 9.10. The first kappa shape index (κ1) is 11.0. The fourth-order valence-electron chi connectivity index (χ4n) is 2.10. The number of hydrogen-bond donors (Lipinski definition) is 2. The first-order chi connectivity index (χ1) is 6.33. The van der Waals surface area contributed by atoms with Crippen LogP contribution in [0.4, 0.5) is 0 Å². The minimum Gasteiger partial charge on any atom is -0.317 e. The molecule has 1 aliphatic rings. The zero-order chi connectivity index (χ0) is 9.52. The van der Waals surface area contributed by atoms with Crippen LogP contribution >= 0.6 is 0 Å². The van der Waals surface area contributed by atoms with Crippen molar-refractivity contribution in [3.63, 3.8) is 0 Å². The van der Waals surface area contributed by atoms with E-state index in [1.54, 1.807) is 0 Å². The summed E-state index contributed by atoms with van der Waals surface area (Å²) in [7, 11) is 0. The molecule has 1 rings (SSSR count). The highest BCUT2D eigenvalue weighted by Crippen LogP contribution is 2.07. The van der Waals surface area contributed by atoms with Crippen molar-refractivity contribution in [2.24, 2.45) is 0 Å². The number of rotatable bonds is 4. The van der Waals surface area contributed by atoms with E-state index in [-0.39, 0.29) is 0 Å². The first-order valence-corrected chi connectivity index (χ1v) is 5.79. The van der Waals surface area contributed by atoms with Crippen molar-refractivity contribution in [3.05, 3.63) is 0 Å². The summed E-state index contributed by atoms with van der Waals surface area (Å²) in [4.78, 5) is 0.